The Hall–Kier alpha value is -3.60. The van der Waals surface area contributed by atoms with E-state index in [-0.39, 0.29) is 17.7 Å². The van der Waals surface area contributed by atoms with E-state index < -0.39 is 10.0 Å². The number of pyridine rings is 1. The van der Waals surface area contributed by atoms with Crippen LogP contribution in [0.1, 0.15) is 36.0 Å². The second kappa shape index (κ2) is 13.2. The summed E-state index contributed by atoms with van der Waals surface area (Å²) in [6.45, 7) is 5.28. The molecule has 0 spiro atoms. The van der Waals surface area contributed by atoms with Crippen LogP contribution in [0, 0.1) is 5.92 Å². The van der Waals surface area contributed by atoms with Crippen LogP contribution in [-0.4, -0.2) is 109 Å². The molecule has 3 aliphatic heterocycles. The highest BCUT2D eigenvalue weighted by atomic mass is 32.2. The number of piperidine rings is 2. The lowest BCUT2D eigenvalue weighted by atomic mass is 9.94. The fourth-order valence-electron chi connectivity index (χ4n) is 6.78. The summed E-state index contributed by atoms with van der Waals surface area (Å²) in [7, 11) is -3.20. The number of aromatic nitrogens is 1. The molecule has 0 aliphatic carbocycles. The third-order valence-corrected chi connectivity index (χ3v) is 10.7. The van der Waals surface area contributed by atoms with Crippen LogP contribution in [0.5, 0.6) is 0 Å². The molecule has 0 bridgehead atoms. The molecule has 0 unspecified atom stereocenters. The predicted molar refractivity (Wildman–Crippen MR) is 171 cm³/mol. The highest BCUT2D eigenvalue weighted by Gasteiger charge is 2.35. The SMILES string of the molecule is CS(=O)(=O)N1CCC(C(=O)N2CCC(N3CCN(C(=O)c4cc(-c5ccccc5)nc(-c5ccccc5)c4)CC3)CC2)CC1. The van der Waals surface area contributed by atoms with Crippen LogP contribution >= 0.6 is 0 Å². The van der Waals surface area contributed by atoms with E-state index in [0.717, 1.165) is 61.5 Å². The Morgan fingerprint density at radius 2 is 1.20 bits per heavy atom. The fraction of sp³-hybridized carbons (Fsp3) is 0.441. The number of piperazine rings is 1. The van der Waals surface area contributed by atoms with Crippen molar-refractivity contribution in [2.24, 2.45) is 5.92 Å². The van der Waals surface area contributed by atoms with Crippen LogP contribution in [0.15, 0.2) is 72.8 Å². The average Bonchev–Trinajstić information content (AvgIpc) is 3.08. The fourth-order valence-corrected chi connectivity index (χ4v) is 7.66. The first-order chi connectivity index (χ1) is 21.3. The van der Waals surface area contributed by atoms with Crippen LogP contribution in [0.25, 0.3) is 22.5 Å². The molecule has 1 aromatic heterocycles. The van der Waals surface area contributed by atoms with Gasteiger partial charge in [0.05, 0.1) is 17.6 Å². The molecule has 9 nitrogen and oxygen atoms in total. The molecule has 232 valence electrons. The van der Waals surface area contributed by atoms with Crippen LogP contribution in [0.3, 0.4) is 0 Å². The van der Waals surface area contributed by atoms with E-state index in [1.54, 1.807) is 0 Å². The third-order valence-electron chi connectivity index (χ3n) is 9.38. The van der Waals surface area contributed by atoms with Crippen molar-refractivity contribution in [1.29, 1.82) is 0 Å². The third kappa shape index (κ3) is 6.87. The van der Waals surface area contributed by atoms with Crippen molar-refractivity contribution < 1.29 is 18.0 Å². The Kier molecular flexibility index (Phi) is 9.11. The van der Waals surface area contributed by atoms with E-state index >= 15 is 0 Å². The molecule has 0 saturated carbocycles. The monoisotopic (exact) mass is 615 g/mol. The number of carbonyl (C=O) groups is 2. The Morgan fingerprint density at radius 1 is 0.682 bits per heavy atom. The molecule has 0 atom stereocenters. The van der Waals surface area contributed by atoms with Gasteiger partial charge in [-0.15, -0.1) is 0 Å². The van der Waals surface area contributed by atoms with Crippen LogP contribution in [0.4, 0.5) is 0 Å². The number of nitrogens with zero attached hydrogens (tertiary/aromatic N) is 5. The molecule has 2 amide bonds. The van der Waals surface area contributed by atoms with Crippen molar-refractivity contribution in [3.63, 3.8) is 0 Å². The summed E-state index contributed by atoms with van der Waals surface area (Å²) in [5, 5.41) is 0. The second-order valence-corrected chi connectivity index (χ2v) is 14.2. The maximum absolute atomic E-state index is 13.8. The summed E-state index contributed by atoms with van der Waals surface area (Å²) in [6.07, 6.45) is 4.27. The highest BCUT2D eigenvalue weighted by molar-refractivity contribution is 7.88. The van der Waals surface area contributed by atoms with E-state index in [4.69, 9.17) is 4.98 Å². The molecule has 6 rings (SSSR count). The van der Waals surface area contributed by atoms with Crippen molar-refractivity contribution in [2.75, 3.05) is 58.6 Å². The minimum absolute atomic E-state index is 0.0312. The van der Waals surface area contributed by atoms with Gasteiger partial charge in [0.2, 0.25) is 15.9 Å². The number of amides is 2. The lowest BCUT2D eigenvalue weighted by Crippen LogP contribution is -2.55. The first-order valence-electron chi connectivity index (χ1n) is 15.7. The maximum atomic E-state index is 13.8. The van der Waals surface area contributed by atoms with Gasteiger partial charge in [0.25, 0.3) is 5.91 Å². The van der Waals surface area contributed by atoms with Crippen LogP contribution in [0.2, 0.25) is 0 Å². The van der Waals surface area contributed by atoms with Gasteiger partial charge in [-0.25, -0.2) is 17.7 Å². The van der Waals surface area contributed by atoms with Gasteiger partial charge < -0.3 is 9.80 Å². The zero-order valence-electron chi connectivity index (χ0n) is 25.3. The van der Waals surface area contributed by atoms with Crippen molar-refractivity contribution in [2.45, 2.75) is 31.7 Å². The minimum atomic E-state index is -3.20. The van der Waals surface area contributed by atoms with Gasteiger partial charge in [-0.3, -0.25) is 14.5 Å². The molecule has 10 heteroatoms. The number of carbonyl (C=O) groups excluding carboxylic acids is 2. The van der Waals surface area contributed by atoms with Crippen LogP contribution in [-0.2, 0) is 14.8 Å². The quantitative estimate of drug-likeness (QED) is 0.419. The summed E-state index contributed by atoms with van der Waals surface area (Å²) < 4.78 is 25.1. The molecule has 44 heavy (non-hydrogen) atoms. The maximum Gasteiger partial charge on any atom is 0.254 e. The molecular formula is C34H41N5O4S. The van der Waals surface area contributed by atoms with Gasteiger partial charge in [-0.2, -0.15) is 0 Å². The molecule has 3 aliphatic rings. The number of hydrogen-bond donors (Lipinski definition) is 0. The molecule has 3 fully saturated rings. The number of benzene rings is 2. The highest BCUT2D eigenvalue weighted by Crippen LogP contribution is 2.27. The zero-order valence-corrected chi connectivity index (χ0v) is 26.2. The lowest BCUT2D eigenvalue weighted by Gasteiger charge is -2.43. The molecular weight excluding hydrogens is 574 g/mol. The van der Waals surface area contributed by atoms with Crippen molar-refractivity contribution in [3.05, 3.63) is 78.4 Å². The van der Waals surface area contributed by atoms with E-state index in [2.05, 4.69) is 4.90 Å². The molecule has 0 N–H and O–H groups in total. The summed E-state index contributed by atoms with van der Waals surface area (Å²) >= 11 is 0. The number of sulfonamides is 1. The van der Waals surface area contributed by atoms with Gasteiger partial charge in [0, 0.05) is 81.0 Å². The topological polar surface area (TPSA) is 94.1 Å². The van der Waals surface area contributed by atoms with E-state index in [9.17, 15) is 18.0 Å². The molecule has 2 aromatic carbocycles. The summed E-state index contributed by atoms with van der Waals surface area (Å²) in [4.78, 5) is 38.3. The van der Waals surface area contributed by atoms with E-state index in [0.29, 0.717) is 50.6 Å². The number of rotatable bonds is 6. The van der Waals surface area contributed by atoms with Crippen LogP contribution < -0.4 is 0 Å². The Bertz CT molecular complexity index is 1500. The van der Waals surface area contributed by atoms with Gasteiger partial charge >= 0.3 is 0 Å². The Morgan fingerprint density at radius 3 is 1.70 bits per heavy atom. The van der Waals surface area contributed by atoms with Gasteiger partial charge in [0.1, 0.15) is 0 Å². The average molecular weight is 616 g/mol. The number of hydrogen-bond acceptors (Lipinski definition) is 6. The van der Waals surface area contributed by atoms with E-state index in [1.807, 2.05) is 82.6 Å². The molecule has 4 heterocycles. The Balaban J connectivity index is 1.05. The first kappa shape index (κ1) is 30.4. The predicted octanol–water partition coefficient (Wildman–Crippen LogP) is 3.84. The zero-order chi connectivity index (χ0) is 30.7. The number of likely N-dealkylation sites (tertiary alicyclic amines) is 1. The molecule has 3 aromatic rings. The van der Waals surface area contributed by atoms with E-state index in [1.165, 1.54) is 10.6 Å². The minimum Gasteiger partial charge on any atom is -0.342 e. The standard InChI is InChI=1S/C34H41N5O4S/c1-44(42,43)39-18-12-28(13-19-39)33(40)37-16-14-30(15-17-37)36-20-22-38(23-21-36)34(41)29-24-31(26-8-4-2-5-9-26)35-32(25-29)27-10-6-3-7-11-27/h2-11,24-25,28,30H,12-23H2,1H3. The first-order valence-corrected chi connectivity index (χ1v) is 17.5. The summed E-state index contributed by atoms with van der Waals surface area (Å²) in [5.74, 6) is 0.120. The smallest absolute Gasteiger partial charge is 0.254 e. The van der Waals surface area contributed by atoms with Gasteiger partial charge in [-0.05, 0) is 37.8 Å². The van der Waals surface area contributed by atoms with Gasteiger partial charge in [0.15, 0.2) is 0 Å². The molecule has 3 saturated heterocycles. The van der Waals surface area contributed by atoms with Crippen molar-refractivity contribution in [1.82, 2.24) is 24.0 Å². The summed E-state index contributed by atoms with van der Waals surface area (Å²) in [6, 6.07) is 24.2. The van der Waals surface area contributed by atoms with Gasteiger partial charge in [-0.1, -0.05) is 60.7 Å². The second-order valence-electron chi connectivity index (χ2n) is 12.2. The normalized spacial score (nSPS) is 19.7. The Labute approximate surface area is 260 Å². The van der Waals surface area contributed by atoms with Crippen molar-refractivity contribution in [3.8, 4) is 22.5 Å². The molecule has 0 radical (unpaired) electrons. The lowest BCUT2D eigenvalue weighted by molar-refractivity contribution is -0.138. The summed E-state index contributed by atoms with van der Waals surface area (Å²) in [5.41, 5.74) is 4.19. The largest absolute Gasteiger partial charge is 0.342 e. The van der Waals surface area contributed by atoms with Crippen molar-refractivity contribution >= 4 is 21.8 Å².